The number of hydrogen-bond acceptors (Lipinski definition) is 10. The number of halogens is 1. The van der Waals surface area contributed by atoms with Crippen molar-refractivity contribution in [3.05, 3.63) is 71.6 Å². The molecule has 0 unspecified atom stereocenters. The van der Waals surface area contributed by atoms with Crippen LogP contribution in [0.3, 0.4) is 0 Å². The largest absolute Gasteiger partial charge is 0.491 e. The molecule has 1 atom stereocenters. The zero-order valence-electron chi connectivity index (χ0n) is 22.9. The van der Waals surface area contributed by atoms with Gasteiger partial charge in [-0.05, 0) is 61.7 Å². The summed E-state index contributed by atoms with van der Waals surface area (Å²) in [5.74, 6) is 1.18. The lowest BCUT2D eigenvalue weighted by molar-refractivity contribution is -0.138. The number of ether oxygens (including phenoxy) is 2. The highest BCUT2D eigenvalue weighted by Crippen LogP contribution is 2.34. The van der Waals surface area contributed by atoms with Crippen molar-refractivity contribution < 1.29 is 27.8 Å². The molecule has 0 saturated carbocycles. The minimum Gasteiger partial charge on any atom is -0.491 e. The van der Waals surface area contributed by atoms with Crippen LogP contribution in [-0.4, -0.2) is 71.3 Å². The van der Waals surface area contributed by atoms with Crippen molar-refractivity contribution in [3.63, 3.8) is 0 Å². The highest BCUT2D eigenvalue weighted by Gasteiger charge is 2.27. The van der Waals surface area contributed by atoms with Crippen molar-refractivity contribution in [2.45, 2.75) is 36.9 Å². The van der Waals surface area contributed by atoms with Crippen molar-refractivity contribution in [1.29, 1.82) is 0 Å². The number of pyridine rings is 1. The number of likely N-dealkylation sites (tertiary alicyclic amines) is 1. The van der Waals surface area contributed by atoms with Gasteiger partial charge in [0.25, 0.3) is 0 Å². The van der Waals surface area contributed by atoms with E-state index in [0.717, 1.165) is 25.5 Å². The van der Waals surface area contributed by atoms with E-state index in [2.05, 4.69) is 20.3 Å². The average molecular weight is 612 g/mol. The molecule has 1 saturated heterocycles. The van der Waals surface area contributed by atoms with Crippen molar-refractivity contribution in [1.82, 2.24) is 19.9 Å². The Morgan fingerprint density at radius 2 is 1.93 bits per heavy atom. The predicted octanol–water partition coefficient (Wildman–Crippen LogP) is 4.16. The Morgan fingerprint density at radius 3 is 2.71 bits per heavy atom. The Kier molecular flexibility index (Phi) is 9.05. The zero-order valence-corrected chi connectivity index (χ0v) is 24.4. The molecule has 0 bridgehead atoms. The first kappa shape index (κ1) is 29.5. The molecule has 4 aromatic rings. The summed E-state index contributed by atoms with van der Waals surface area (Å²) in [5, 5.41) is 13.6. The molecular weight excluding hydrogens is 582 g/mol. The Morgan fingerprint density at radius 1 is 1.10 bits per heavy atom. The van der Waals surface area contributed by atoms with Gasteiger partial charge in [0.05, 0.1) is 27.7 Å². The van der Waals surface area contributed by atoms with Gasteiger partial charge in [0.15, 0.2) is 14.9 Å². The zero-order chi connectivity index (χ0) is 29.7. The lowest BCUT2D eigenvalue weighted by Crippen LogP contribution is -2.47. The van der Waals surface area contributed by atoms with E-state index < -0.39 is 16.4 Å². The summed E-state index contributed by atoms with van der Waals surface area (Å²) in [6.45, 7) is 0.393. The van der Waals surface area contributed by atoms with Gasteiger partial charge in [-0.3, -0.25) is 4.79 Å². The number of amides is 1. The normalized spacial score (nSPS) is 15.4. The van der Waals surface area contributed by atoms with Crippen LogP contribution < -0.4 is 14.8 Å². The fourth-order valence-electron chi connectivity index (χ4n) is 4.80. The Labute approximate surface area is 248 Å². The van der Waals surface area contributed by atoms with Crippen molar-refractivity contribution in [2.24, 2.45) is 0 Å². The lowest BCUT2D eigenvalue weighted by atomic mass is 10.0. The van der Waals surface area contributed by atoms with Crippen LogP contribution in [0.1, 0.15) is 25.0 Å². The van der Waals surface area contributed by atoms with E-state index in [1.54, 1.807) is 35.2 Å². The number of benzene rings is 2. The van der Waals surface area contributed by atoms with E-state index >= 15 is 0 Å². The highest BCUT2D eigenvalue weighted by atomic mass is 35.5. The smallest absolute Gasteiger partial charge is 0.248 e. The number of nitrogens with one attached hydrogen (secondary N) is 1. The third-order valence-electron chi connectivity index (χ3n) is 6.87. The number of hydrogen-bond donors (Lipinski definition) is 2. The molecule has 5 rings (SSSR count). The van der Waals surface area contributed by atoms with Gasteiger partial charge in [0, 0.05) is 18.5 Å². The highest BCUT2D eigenvalue weighted by molar-refractivity contribution is 7.90. The van der Waals surface area contributed by atoms with E-state index in [1.165, 1.54) is 12.4 Å². The maximum absolute atomic E-state index is 12.2. The summed E-state index contributed by atoms with van der Waals surface area (Å²) in [6, 6.07) is 15.3. The van der Waals surface area contributed by atoms with Gasteiger partial charge in [-0.25, -0.2) is 23.4 Å². The van der Waals surface area contributed by atoms with Crippen LogP contribution in [-0.2, 0) is 21.2 Å². The Bertz CT molecular complexity index is 1700. The number of piperidine rings is 1. The number of carbonyl (C=O) groups excluding carboxylic acids is 1. The van der Waals surface area contributed by atoms with Crippen LogP contribution in [0.4, 0.5) is 11.5 Å². The van der Waals surface area contributed by atoms with Gasteiger partial charge in [0.1, 0.15) is 43.5 Å². The predicted molar refractivity (Wildman–Crippen MR) is 158 cm³/mol. The molecule has 1 aliphatic heterocycles. The molecule has 2 N–H and O–H groups in total. The van der Waals surface area contributed by atoms with Gasteiger partial charge in [-0.1, -0.05) is 23.7 Å². The SMILES string of the molecule is CS(=O)(=O)c1cccc(COc2ccc(Nc3ncnc4cccc(OC[C@H]5CCCCN5C(=O)CO)c34)cc2Cl)n1. The first-order valence-electron chi connectivity index (χ1n) is 13.3. The number of fused-ring (bicyclic) bond motifs is 1. The number of sulfone groups is 1. The van der Waals surface area contributed by atoms with Gasteiger partial charge in [-0.15, -0.1) is 0 Å². The van der Waals surface area contributed by atoms with Crippen LogP contribution in [0.2, 0.25) is 5.02 Å². The van der Waals surface area contributed by atoms with Crippen molar-refractivity contribution in [3.8, 4) is 11.5 Å². The Hall–Kier alpha value is -4.00. The molecule has 42 heavy (non-hydrogen) atoms. The van der Waals surface area contributed by atoms with Crippen molar-refractivity contribution >= 4 is 49.8 Å². The molecular formula is C29H30ClN5O6S. The molecule has 0 radical (unpaired) electrons. The Balaban J connectivity index is 1.32. The molecule has 11 nitrogen and oxygen atoms in total. The van der Waals surface area contributed by atoms with Gasteiger partial charge in [-0.2, -0.15) is 0 Å². The minimum atomic E-state index is -3.43. The lowest BCUT2D eigenvalue weighted by Gasteiger charge is -2.35. The van der Waals surface area contributed by atoms with Crippen LogP contribution in [0.25, 0.3) is 10.9 Å². The van der Waals surface area contributed by atoms with Crippen LogP contribution >= 0.6 is 11.6 Å². The van der Waals surface area contributed by atoms with E-state index in [9.17, 15) is 18.3 Å². The van der Waals surface area contributed by atoms with E-state index in [4.69, 9.17) is 21.1 Å². The fraction of sp³-hybridized carbons (Fsp3) is 0.310. The number of aliphatic hydroxyl groups excluding tert-OH is 1. The molecule has 1 aliphatic rings. The number of nitrogens with zero attached hydrogens (tertiary/aromatic N) is 4. The summed E-state index contributed by atoms with van der Waals surface area (Å²) in [4.78, 5) is 26.9. The number of rotatable bonds is 10. The first-order valence-corrected chi connectivity index (χ1v) is 15.6. The van der Waals surface area contributed by atoms with Crippen molar-refractivity contribution in [2.75, 3.05) is 31.3 Å². The van der Waals surface area contributed by atoms with Gasteiger partial charge >= 0.3 is 0 Å². The standard InChI is InChI=1S/C29H30ClN5O6S/c1-42(38,39)26-10-4-6-20(33-26)16-40-24-12-11-19(14-22(24)30)34-29-28-23(31-18-32-29)8-5-9-25(28)41-17-21-7-2-3-13-35(21)27(37)15-36/h4-6,8-12,14,18,21,36H,2-3,7,13,15-17H2,1H3,(H,31,32,34)/t21-/m1/s1. The third-order valence-corrected chi connectivity index (χ3v) is 8.15. The van der Waals surface area contributed by atoms with Crippen LogP contribution in [0, 0.1) is 0 Å². The van der Waals surface area contributed by atoms with E-state index in [0.29, 0.717) is 51.2 Å². The van der Waals surface area contributed by atoms with Crippen LogP contribution in [0.15, 0.2) is 66.0 Å². The third kappa shape index (κ3) is 6.89. The van der Waals surface area contributed by atoms with Gasteiger partial charge in [0.2, 0.25) is 5.91 Å². The molecule has 2 aromatic heterocycles. The molecule has 220 valence electrons. The molecule has 1 amide bonds. The molecule has 0 aliphatic carbocycles. The monoisotopic (exact) mass is 611 g/mol. The van der Waals surface area contributed by atoms with E-state index in [-0.39, 0.29) is 30.2 Å². The maximum Gasteiger partial charge on any atom is 0.248 e. The minimum absolute atomic E-state index is 0.0237. The number of aliphatic hydroxyl groups is 1. The second-order valence-corrected chi connectivity index (χ2v) is 12.2. The summed E-state index contributed by atoms with van der Waals surface area (Å²) in [6.07, 6.45) is 5.24. The molecule has 2 aromatic carbocycles. The molecule has 0 spiro atoms. The summed E-state index contributed by atoms with van der Waals surface area (Å²) >= 11 is 6.51. The second-order valence-electron chi connectivity index (χ2n) is 9.88. The topological polar surface area (TPSA) is 144 Å². The summed E-state index contributed by atoms with van der Waals surface area (Å²) in [5.41, 5.74) is 1.77. The van der Waals surface area contributed by atoms with E-state index in [1.807, 2.05) is 18.2 Å². The number of aromatic nitrogens is 3. The molecule has 3 heterocycles. The first-order chi connectivity index (χ1) is 20.2. The fourth-order valence-corrected chi connectivity index (χ4v) is 5.64. The van der Waals surface area contributed by atoms with Crippen LogP contribution in [0.5, 0.6) is 11.5 Å². The summed E-state index contributed by atoms with van der Waals surface area (Å²) in [7, 11) is -3.43. The average Bonchev–Trinajstić information content (AvgIpc) is 2.99. The molecule has 1 fully saturated rings. The quantitative estimate of drug-likeness (QED) is 0.268. The van der Waals surface area contributed by atoms with Gasteiger partial charge < -0.3 is 24.8 Å². The number of anilines is 2. The summed E-state index contributed by atoms with van der Waals surface area (Å²) < 4.78 is 35.6. The number of carbonyl (C=O) groups is 1. The molecule has 13 heteroatoms. The second kappa shape index (κ2) is 12.9. The maximum atomic E-state index is 12.2.